The van der Waals surface area contributed by atoms with Gasteiger partial charge in [0, 0.05) is 27.2 Å². The minimum absolute atomic E-state index is 0.0757. The molecule has 33 heavy (non-hydrogen) atoms. The molecule has 4 heteroatoms. The van der Waals surface area contributed by atoms with Crippen LogP contribution in [0, 0.1) is 13.8 Å². The summed E-state index contributed by atoms with van der Waals surface area (Å²) in [5.74, 6) is 0.0757. The molecular formula is C29H24Cl2N2. The first kappa shape index (κ1) is 21.8. The minimum atomic E-state index is 0.0757. The van der Waals surface area contributed by atoms with Crippen LogP contribution in [0.25, 0.3) is 10.8 Å². The number of aryl methyl sites for hydroxylation is 1. The van der Waals surface area contributed by atoms with E-state index in [4.69, 9.17) is 28.3 Å². The van der Waals surface area contributed by atoms with Gasteiger partial charge in [-0.3, -0.25) is 4.68 Å². The van der Waals surface area contributed by atoms with Crippen LogP contribution in [0.15, 0.2) is 91.0 Å². The Morgan fingerprint density at radius 2 is 1.55 bits per heavy atom. The standard InChI is InChI=1S/C29H24Cl2N2/c1-19-28(20(2)33(32-19)18-23-15-16-24(30)17-27(23)31)29(22-10-4-3-5-11-22)26-14-8-12-21-9-6-7-13-25(21)26/h3-17,29H,18H2,1-2H3/t29-/m0/s1. The number of nitrogens with zero attached hydrogens (tertiary/aromatic N) is 2. The number of benzene rings is 4. The van der Waals surface area contributed by atoms with E-state index >= 15 is 0 Å². The van der Waals surface area contributed by atoms with Crippen molar-refractivity contribution in [3.63, 3.8) is 0 Å². The minimum Gasteiger partial charge on any atom is -0.265 e. The van der Waals surface area contributed by atoms with Gasteiger partial charge in [-0.25, -0.2) is 0 Å². The van der Waals surface area contributed by atoms with Crippen molar-refractivity contribution in [3.8, 4) is 0 Å². The van der Waals surface area contributed by atoms with Gasteiger partial charge in [0.2, 0.25) is 0 Å². The molecule has 0 N–H and O–H groups in total. The molecule has 0 fully saturated rings. The first-order valence-corrected chi connectivity index (χ1v) is 11.8. The second-order valence-corrected chi connectivity index (χ2v) is 9.23. The van der Waals surface area contributed by atoms with Crippen LogP contribution in [0.3, 0.4) is 0 Å². The third kappa shape index (κ3) is 4.17. The van der Waals surface area contributed by atoms with Gasteiger partial charge in [-0.1, -0.05) is 102 Å². The quantitative estimate of drug-likeness (QED) is 0.253. The molecule has 0 aliphatic rings. The Morgan fingerprint density at radius 1 is 0.818 bits per heavy atom. The van der Waals surface area contributed by atoms with Crippen molar-refractivity contribution in [1.82, 2.24) is 9.78 Å². The zero-order chi connectivity index (χ0) is 22.9. The molecule has 1 aromatic heterocycles. The van der Waals surface area contributed by atoms with E-state index in [0.717, 1.165) is 17.0 Å². The summed E-state index contributed by atoms with van der Waals surface area (Å²) in [6.07, 6.45) is 0. The van der Waals surface area contributed by atoms with Gasteiger partial charge in [-0.15, -0.1) is 0 Å². The van der Waals surface area contributed by atoms with Gasteiger partial charge in [0.1, 0.15) is 0 Å². The Hall–Kier alpha value is -3.07. The molecule has 0 bridgehead atoms. The lowest BCUT2D eigenvalue weighted by Gasteiger charge is -2.21. The number of fused-ring (bicyclic) bond motifs is 1. The van der Waals surface area contributed by atoms with Gasteiger partial charge >= 0.3 is 0 Å². The summed E-state index contributed by atoms with van der Waals surface area (Å²) in [4.78, 5) is 0. The average Bonchev–Trinajstić information content (AvgIpc) is 3.10. The smallest absolute Gasteiger partial charge is 0.0677 e. The summed E-state index contributed by atoms with van der Waals surface area (Å²) in [6, 6.07) is 31.5. The highest BCUT2D eigenvalue weighted by molar-refractivity contribution is 6.35. The Kier molecular flexibility index (Phi) is 5.97. The van der Waals surface area contributed by atoms with Gasteiger partial charge in [-0.05, 0) is 53.4 Å². The van der Waals surface area contributed by atoms with Crippen molar-refractivity contribution >= 4 is 34.0 Å². The topological polar surface area (TPSA) is 17.8 Å². The largest absolute Gasteiger partial charge is 0.265 e. The molecule has 0 aliphatic heterocycles. The second-order valence-electron chi connectivity index (χ2n) is 8.39. The lowest BCUT2D eigenvalue weighted by molar-refractivity contribution is 0.658. The molecule has 0 saturated heterocycles. The third-order valence-corrected chi connectivity index (χ3v) is 6.92. The van der Waals surface area contributed by atoms with Crippen LogP contribution in [0.4, 0.5) is 0 Å². The molecule has 0 aliphatic carbocycles. The summed E-state index contributed by atoms with van der Waals surface area (Å²) in [6.45, 7) is 4.85. The van der Waals surface area contributed by atoms with Gasteiger partial charge < -0.3 is 0 Å². The van der Waals surface area contributed by atoms with Crippen LogP contribution in [-0.4, -0.2) is 9.78 Å². The highest BCUT2D eigenvalue weighted by Gasteiger charge is 2.26. The monoisotopic (exact) mass is 470 g/mol. The Labute approximate surface area is 204 Å². The molecule has 5 rings (SSSR count). The summed E-state index contributed by atoms with van der Waals surface area (Å²) < 4.78 is 2.06. The van der Waals surface area contributed by atoms with E-state index in [2.05, 4.69) is 91.3 Å². The number of rotatable bonds is 5. The zero-order valence-electron chi connectivity index (χ0n) is 18.6. The molecule has 2 nitrogen and oxygen atoms in total. The molecule has 1 heterocycles. The molecule has 5 aromatic rings. The summed E-state index contributed by atoms with van der Waals surface area (Å²) in [5.41, 5.74) is 6.95. The predicted molar refractivity (Wildman–Crippen MR) is 139 cm³/mol. The number of hydrogen-bond donors (Lipinski definition) is 0. The normalized spacial score (nSPS) is 12.2. The fraction of sp³-hybridized carbons (Fsp3) is 0.138. The Morgan fingerprint density at radius 3 is 2.33 bits per heavy atom. The van der Waals surface area contributed by atoms with Gasteiger partial charge in [0.15, 0.2) is 0 Å². The molecule has 0 unspecified atom stereocenters. The predicted octanol–water partition coefficient (Wildman–Crippen LogP) is 8.19. The highest BCUT2D eigenvalue weighted by atomic mass is 35.5. The number of aromatic nitrogens is 2. The van der Waals surface area contributed by atoms with E-state index in [1.165, 1.54) is 27.5 Å². The zero-order valence-corrected chi connectivity index (χ0v) is 20.1. The maximum Gasteiger partial charge on any atom is 0.0677 e. The van der Waals surface area contributed by atoms with Crippen molar-refractivity contribution in [2.75, 3.05) is 0 Å². The molecule has 0 radical (unpaired) electrons. The average molecular weight is 471 g/mol. The van der Waals surface area contributed by atoms with Gasteiger partial charge in [-0.2, -0.15) is 5.10 Å². The fourth-order valence-electron chi connectivity index (χ4n) is 4.74. The van der Waals surface area contributed by atoms with Crippen LogP contribution in [-0.2, 0) is 6.54 Å². The van der Waals surface area contributed by atoms with Gasteiger partial charge in [0.05, 0.1) is 12.2 Å². The van der Waals surface area contributed by atoms with Crippen LogP contribution in [0.1, 0.15) is 39.6 Å². The molecule has 0 saturated carbocycles. The Balaban J connectivity index is 1.68. The first-order valence-electron chi connectivity index (χ1n) is 11.0. The third-order valence-electron chi connectivity index (χ3n) is 6.33. The lowest BCUT2D eigenvalue weighted by Crippen LogP contribution is -2.08. The lowest BCUT2D eigenvalue weighted by atomic mass is 9.82. The fourth-order valence-corrected chi connectivity index (χ4v) is 5.21. The molecule has 0 amide bonds. The van der Waals surface area contributed by atoms with Gasteiger partial charge in [0.25, 0.3) is 0 Å². The molecular weight excluding hydrogens is 447 g/mol. The van der Waals surface area contributed by atoms with Crippen molar-refractivity contribution in [1.29, 1.82) is 0 Å². The van der Waals surface area contributed by atoms with Crippen molar-refractivity contribution < 1.29 is 0 Å². The van der Waals surface area contributed by atoms with Crippen LogP contribution in [0.2, 0.25) is 10.0 Å². The van der Waals surface area contributed by atoms with E-state index in [1.807, 2.05) is 12.1 Å². The van der Waals surface area contributed by atoms with Crippen LogP contribution in [0.5, 0.6) is 0 Å². The van der Waals surface area contributed by atoms with E-state index in [1.54, 1.807) is 6.07 Å². The van der Waals surface area contributed by atoms with E-state index in [9.17, 15) is 0 Å². The summed E-state index contributed by atoms with van der Waals surface area (Å²) >= 11 is 12.6. The van der Waals surface area contributed by atoms with Crippen molar-refractivity contribution in [2.24, 2.45) is 0 Å². The molecule has 164 valence electrons. The highest BCUT2D eigenvalue weighted by Crippen LogP contribution is 2.39. The Bertz CT molecular complexity index is 1430. The summed E-state index contributed by atoms with van der Waals surface area (Å²) in [7, 11) is 0. The van der Waals surface area contributed by atoms with Crippen molar-refractivity contribution in [3.05, 3.63) is 135 Å². The molecule has 0 spiro atoms. The summed E-state index contributed by atoms with van der Waals surface area (Å²) in [5, 5.41) is 8.75. The molecule has 4 aromatic carbocycles. The van der Waals surface area contributed by atoms with E-state index in [-0.39, 0.29) is 5.92 Å². The number of hydrogen-bond acceptors (Lipinski definition) is 1. The van der Waals surface area contributed by atoms with Crippen LogP contribution >= 0.6 is 23.2 Å². The number of halogens is 2. The van der Waals surface area contributed by atoms with Crippen LogP contribution < -0.4 is 0 Å². The SMILES string of the molecule is Cc1nn(Cc2ccc(Cl)cc2Cl)c(C)c1[C@@H](c1ccccc1)c1cccc2ccccc12. The van der Waals surface area contributed by atoms with E-state index < -0.39 is 0 Å². The second kappa shape index (κ2) is 9.05. The molecule has 1 atom stereocenters. The first-order chi connectivity index (χ1) is 16.0. The van der Waals surface area contributed by atoms with Crippen molar-refractivity contribution in [2.45, 2.75) is 26.3 Å². The maximum absolute atomic E-state index is 6.47. The maximum atomic E-state index is 6.47. The van der Waals surface area contributed by atoms with E-state index in [0.29, 0.717) is 16.6 Å².